The van der Waals surface area contributed by atoms with Gasteiger partial charge in [0.25, 0.3) is 0 Å². The van der Waals surface area contributed by atoms with Gasteiger partial charge in [-0.05, 0) is 30.5 Å². The molecule has 0 aromatic heterocycles. The first kappa shape index (κ1) is 15.3. The third-order valence-corrected chi connectivity index (χ3v) is 4.72. The van der Waals surface area contributed by atoms with E-state index in [1.165, 1.54) is 5.56 Å². The summed E-state index contributed by atoms with van der Waals surface area (Å²) in [5.41, 5.74) is 7.19. The van der Waals surface area contributed by atoms with E-state index in [9.17, 15) is 0 Å². The maximum absolute atomic E-state index is 6.00. The van der Waals surface area contributed by atoms with Crippen LogP contribution < -0.4 is 5.73 Å². The summed E-state index contributed by atoms with van der Waals surface area (Å²) < 4.78 is 6.45. The van der Waals surface area contributed by atoms with Crippen molar-refractivity contribution in [3.63, 3.8) is 0 Å². The highest BCUT2D eigenvalue weighted by atomic mass is 79.9. The molecule has 0 radical (unpaired) electrons. The number of hydrogen-bond donors (Lipinski definition) is 1. The monoisotopic (exact) mass is 346 g/mol. The molecule has 0 aliphatic carbocycles. The SMILES string of the molecule is COC1CCN(C(CN)c2ccc(Cl)cc2Br)CC1. The molecule has 0 spiro atoms. The molecule has 1 unspecified atom stereocenters. The number of piperidine rings is 1. The number of nitrogens with two attached hydrogens (primary N) is 1. The molecule has 0 amide bonds. The van der Waals surface area contributed by atoms with Crippen LogP contribution in [0.4, 0.5) is 0 Å². The summed E-state index contributed by atoms with van der Waals surface area (Å²) in [6, 6.07) is 6.16. The third kappa shape index (κ3) is 3.70. The molecule has 2 N–H and O–H groups in total. The molecule has 1 heterocycles. The predicted octanol–water partition coefficient (Wildman–Crippen LogP) is 3.21. The van der Waals surface area contributed by atoms with Crippen molar-refractivity contribution < 1.29 is 4.74 Å². The van der Waals surface area contributed by atoms with E-state index in [0.717, 1.165) is 35.4 Å². The van der Waals surface area contributed by atoms with Crippen LogP contribution in [0.3, 0.4) is 0 Å². The molecule has 2 rings (SSSR count). The Labute approximate surface area is 128 Å². The summed E-state index contributed by atoms with van der Waals surface area (Å²) in [5, 5.41) is 0.740. The molecule has 1 atom stereocenters. The van der Waals surface area contributed by atoms with Crippen LogP contribution >= 0.6 is 27.5 Å². The van der Waals surface area contributed by atoms with Crippen molar-refractivity contribution in [1.29, 1.82) is 0 Å². The first-order valence-corrected chi connectivity index (χ1v) is 7.74. The van der Waals surface area contributed by atoms with Gasteiger partial charge in [0, 0.05) is 42.3 Å². The van der Waals surface area contributed by atoms with Crippen molar-refractivity contribution in [3.8, 4) is 0 Å². The van der Waals surface area contributed by atoms with Crippen LogP contribution in [0.5, 0.6) is 0 Å². The number of methoxy groups -OCH3 is 1. The van der Waals surface area contributed by atoms with Gasteiger partial charge in [-0.3, -0.25) is 4.90 Å². The summed E-state index contributed by atoms with van der Waals surface area (Å²) in [7, 11) is 1.79. The van der Waals surface area contributed by atoms with Crippen molar-refractivity contribution >= 4 is 27.5 Å². The van der Waals surface area contributed by atoms with Crippen LogP contribution in [0.25, 0.3) is 0 Å². The minimum atomic E-state index is 0.240. The molecular weight excluding hydrogens is 328 g/mol. The number of nitrogens with zero attached hydrogens (tertiary/aromatic N) is 1. The van der Waals surface area contributed by atoms with Gasteiger partial charge in [-0.2, -0.15) is 0 Å². The van der Waals surface area contributed by atoms with E-state index in [-0.39, 0.29) is 6.04 Å². The molecule has 1 aliphatic rings. The maximum atomic E-state index is 6.00. The van der Waals surface area contributed by atoms with Crippen LogP contribution in [-0.2, 0) is 4.74 Å². The zero-order valence-electron chi connectivity index (χ0n) is 11.1. The second-order valence-electron chi connectivity index (χ2n) is 4.89. The highest BCUT2D eigenvalue weighted by Crippen LogP contribution is 2.31. The molecule has 106 valence electrons. The quantitative estimate of drug-likeness (QED) is 0.909. The minimum absolute atomic E-state index is 0.240. The first-order chi connectivity index (χ1) is 9.15. The number of rotatable bonds is 4. The summed E-state index contributed by atoms with van der Waals surface area (Å²) >= 11 is 9.59. The highest BCUT2D eigenvalue weighted by Gasteiger charge is 2.26. The lowest BCUT2D eigenvalue weighted by atomic mass is 10.0. The average molecular weight is 348 g/mol. The van der Waals surface area contributed by atoms with Gasteiger partial charge in [0.2, 0.25) is 0 Å². The zero-order chi connectivity index (χ0) is 13.8. The lowest BCUT2D eigenvalue weighted by Gasteiger charge is -2.37. The molecule has 19 heavy (non-hydrogen) atoms. The maximum Gasteiger partial charge on any atom is 0.0595 e. The Hall–Kier alpha value is -0.130. The van der Waals surface area contributed by atoms with Crippen LogP contribution in [-0.4, -0.2) is 37.7 Å². The first-order valence-electron chi connectivity index (χ1n) is 6.57. The fraction of sp³-hybridized carbons (Fsp3) is 0.571. The summed E-state index contributed by atoms with van der Waals surface area (Å²) in [4.78, 5) is 2.43. The summed E-state index contributed by atoms with van der Waals surface area (Å²) in [5.74, 6) is 0. The summed E-state index contributed by atoms with van der Waals surface area (Å²) in [6.45, 7) is 2.66. The molecule has 1 fully saturated rings. The fourth-order valence-electron chi connectivity index (χ4n) is 2.67. The van der Waals surface area contributed by atoms with E-state index in [1.807, 2.05) is 12.1 Å². The second kappa shape index (κ2) is 7.04. The van der Waals surface area contributed by atoms with E-state index in [2.05, 4.69) is 26.9 Å². The van der Waals surface area contributed by atoms with E-state index < -0.39 is 0 Å². The molecule has 0 saturated carbocycles. The molecular formula is C14H20BrClN2O. The van der Waals surface area contributed by atoms with Gasteiger partial charge >= 0.3 is 0 Å². The number of likely N-dealkylation sites (tertiary alicyclic amines) is 1. The van der Waals surface area contributed by atoms with Crippen LogP contribution in [0.15, 0.2) is 22.7 Å². The standard InChI is InChI=1S/C14H20BrClN2O/c1-19-11-4-6-18(7-5-11)14(9-17)12-3-2-10(16)8-13(12)15/h2-3,8,11,14H,4-7,9,17H2,1H3. The minimum Gasteiger partial charge on any atom is -0.381 e. The zero-order valence-corrected chi connectivity index (χ0v) is 13.5. The van der Waals surface area contributed by atoms with Crippen molar-refractivity contribution in [3.05, 3.63) is 33.3 Å². The second-order valence-corrected chi connectivity index (χ2v) is 6.18. The van der Waals surface area contributed by atoms with Crippen molar-refractivity contribution in [1.82, 2.24) is 4.90 Å². The van der Waals surface area contributed by atoms with Gasteiger partial charge in [0.15, 0.2) is 0 Å². The van der Waals surface area contributed by atoms with Gasteiger partial charge in [-0.1, -0.05) is 33.6 Å². The molecule has 0 bridgehead atoms. The fourth-order valence-corrected chi connectivity index (χ4v) is 3.61. The van der Waals surface area contributed by atoms with Crippen LogP contribution in [0.1, 0.15) is 24.4 Å². The Morgan fingerprint density at radius 3 is 2.68 bits per heavy atom. The lowest BCUT2D eigenvalue weighted by Crippen LogP contribution is -2.41. The smallest absolute Gasteiger partial charge is 0.0595 e. The predicted molar refractivity (Wildman–Crippen MR) is 82.6 cm³/mol. The largest absolute Gasteiger partial charge is 0.381 e. The van der Waals surface area contributed by atoms with E-state index in [4.69, 9.17) is 22.1 Å². The molecule has 1 aliphatic heterocycles. The Morgan fingerprint density at radius 2 is 2.16 bits per heavy atom. The lowest BCUT2D eigenvalue weighted by molar-refractivity contribution is 0.0279. The average Bonchev–Trinajstić information content (AvgIpc) is 2.42. The van der Waals surface area contributed by atoms with E-state index in [0.29, 0.717) is 12.6 Å². The van der Waals surface area contributed by atoms with E-state index in [1.54, 1.807) is 7.11 Å². The molecule has 1 saturated heterocycles. The molecule has 1 aromatic carbocycles. The summed E-state index contributed by atoms with van der Waals surface area (Å²) in [6.07, 6.45) is 2.53. The van der Waals surface area contributed by atoms with Gasteiger partial charge in [0.1, 0.15) is 0 Å². The van der Waals surface area contributed by atoms with Gasteiger partial charge in [-0.25, -0.2) is 0 Å². The highest BCUT2D eigenvalue weighted by molar-refractivity contribution is 9.10. The van der Waals surface area contributed by atoms with Crippen molar-refractivity contribution in [2.45, 2.75) is 25.0 Å². The number of ether oxygens (including phenoxy) is 1. The van der Waals surface area contributed by atoms with Gasteiger partial charge in [0.05, 0.1) is 6.10 Å². The Balaban J connectivity index is 2.12. The van der Waals surface area contributed by atoms with Gasteiger partial charge in [-0.15, -0.1) is 0 Å². The van der Waals surface area contributed by atoms with E-state index >= 15 is 0 Å². The number of hydrogen-bond acceptors (Lipinski definition) is 3. The Morgan fingerprint density at radius 1 is 1.47 bits per heavy atom. The van der Waals surface area contributed by atoms with Crippen molar-refractivity contribution in [2.75, 3.05) is 26.7 Å². The third-order valence-electron chi connectivity index (χ3n) is 3.80. The molecule has 5 heteroatoms. The van der Waals surface area contributed by atoms with Crippen molar-refractivity contribution in [2.24, 2.45) is 5.73 Å². The molecule has 3 nitrogen and oxygen atoms in total. The number of benzene rings is 1. The molecule has 1 aromatic rings. The Kier molecular flexibility index (Phi) is 5.66. The normalized spacial score (nSPS) is 19.6. The van der Waals surface area contributed by atoms with Crippen LogP contribution in [0.2, 0.25) is 5.02 Å². The topological polar surface area (TPSA) is 38.5 Å². The number of halogens is 2. The van der Waals surface area contributed by atoms with Crippen LogP contribution in [0, 0.1) is 0 Å². The van der Waals surface area contributed by atoms with Gasteiger partial charge < -0.3 is 10.5 Å². The Bertz CT molecular complexity index is 422.